The number of methoxy groups -OCH3 is 2. The monoisotopic (exact) mass is 168 g/mol. The highest BCUT2D eigenvalue weighted by Crippen LogP contribution is 2.30. The Bertz CT molecular complexity index is 236. The summed E-state index contributed by atoms with van der Waals surface area (Å²) >= 11 is 0. The highest BCUT2D eigenvalue weighted by molar-refractivity contribution is 5.34. The second kappa shape index (κ2) is 3.65. The molecule has 1 rings (SSSR count). The van der Waals surface area contributed by atoms with Gasteiger partial charge in [-0.2, -0.15) is 0 Å². The third kappa shape index (κ3) is 1.47. The van der Waals surface area contributed by atoms with Crippen molar-refractivity contribution in [2.75, 3.05) is 14.2 Å². The summed E-state index contributed by atoms with van der Waals surface area (Å²) < 4.78 is 10.5. The quantitative estimate of drug-likeness (QED) is 0.631. The molecule has 0 heterocycles. The van der Waals surface area contributed by atoms with E-state index in [-0.39, 0.29) is 0 Å². The van der Waals surface area contributed by atoms with Gasteiger partial charge in [0.25, 0.3) is 0 Å². The van der Waals surface area contributed by atoms with Crippen LogP contribution in [0.1, 0.15) is 26.7 Å². The molecule has 0 spiro atoms. The summed E-state index contributed by atoms with van der Waals surface area (Å²) in [6, 6.07) is 0. The van der Waals surface area contributed by atoms with E-state index >= 15 is 0 Å². The number of hydrogen-bond acceptors (Lipinski definition) is 2. The highest BCUT2D eigenvalue weighted by Gasteiger charge is 2.16. The molecule has 0 aromatic carbocycles. The summed E-state index contributed by atoms with van der Waals surface area (Å²) in [5.41, 5.74) is 2.46. The van der Waals surface area contributed by atoms with Crippen molar-refractivity contribution in [1.29, 1.82) is 0 Å². The molecule has 1 aliphatic carbocycles. The van der Waals surface area contributed by atoms with Gasteiger partial charge in [-0.05, 0) is 25.8 Å². The fourth-order valence-electron chi connectivity index (χ4n) is 1.63. The third-order valence-corrected chi connectivity index (χ3v) is 2.32. The molecule has 0 aromatic rings. The first kappa shape index (κ1) is 9.17. The zero-order valence-corrected chi connectivity index (χ0v) is 8.23. The zero-order valence-electron chi connectivity index (χ0n) is 8.23. The summed E-state index contributed by atoms with van der Waals surface area (Å²) in [6.07, 6.45) is 2.05. The van der Waals surface area contributed by atoms with Gasteiger partial charge < -0.3 is 9.47 Å². The van der Waals surface area contributed by atoms with Crippen molar-refractivity contribution in [3.8, 4) is 0 Å². The van der Waals surface area contributed by atoms with Crippen LogP contribution in [0.4, 0.5) is 0 Å². The molecule has 0 fully saturated rings. The first-order valence-corrected chi connectivity index (χ1v) is 4.18. The predicted octanol–water partition coefficient (Wildman–Crippen LogP) is 2.62. The standard InChI is InChI=1S/C10H16O2/c1-7-5-6-9(11-3)8(2)10(7)12-4/h5-6H2,1-4H3. The van der Waals surface area contributed by atoms with Crippen LogP contribution in [0.15, 0.2) is 22.7 Å². The number of hydrogen-bond donors (Lipinski definition) is 0. The van der Waals surface area contributed by atoms with Crippen LogP contribution in [-0.4, -0.2) is 14.2 Å². The topological polar surface area (TPSA) is 18.5 Å². The summed E-state index contributed by atoms with van der Waals surface area (Å²) in [6.45, 7) is 4.15. The molecule has 0 unspecified atom stereocenters. The van der Waals surface area contributed by atoms with E-state index in [4.69, 9.17) is 9.47 Å². The van der Waals surface area contributed by atoms with Crippen LogP contribution in [0, 0.1) is 0 Å². The minimum Gasteiger partial charge on any atom is -0.501 e. The molecule has 0 amide bonds. The van der Waals surface area contributed by atoms with Gasteiger partial charge in [-0.1, -0.05) is 0 Å². The maximum Gasteiger partial charge on any atom is 0.124 e. The van der Waals surface area contributed by atoms with Crippen molar-refractivity contribution >= 4 is 0 Å². The van der Waals surface area contributed by atoms with E-state index in [9.17, 15) is 0 Å². The molecule has 1 aliphatic rings. The maximum atomic E-state index is 5.29. The molecule has 12 heavy (non-hydrogen) atoms. The van der Waals surface area contributed by atoms with Crippen LogP contribution in [0.5, 0.6) is 0 Å². The van der Waals surface area contributed by atoms with Crippen molar-refractivity contribution in [2.45, 2.75) is 26.7 Å². The number of ether oxygens (including phenoxy) is 2. The van der Waals surface area contributed by atoms with Crippen molar-refractivity contribution < 1.29 is 9.47 Å². The predicted molar refractivity (Wildman–Crippen MR) is 48.7 cm³/mol. The Kier molecular flexibility index (Phi) is 2.79. The van der Waals surface area contributed by atoms with Crippen LogP contribution < -0.4 is 0 Å². The second-order valence-electron chi connectivity index (χ2n) is 3.07. The average Bonchev–Trinajstić information content (AvgIpc) is 2.06. The van der Waals surface area contributed by atoms with E-state index in [2.05, 4.69) is 6.92 Å². The maximum absolute atomic E-state index is 5.29. The second-order valence-corrected chi connectivity index (χ2v) is 3.07. The molecule has 0 radical (unpaired) electrons. The van der Waals surface area contributed by atoms with Crippen LogP contribution in [0.25, 0.3) is 0 Å². The Labute approximate surface area is 73.9 Å². The van der Waals surface area contributed by atoms with E-state index < -0.39 is 0 Å². The van der Waals surface area contributed by atoms with Gasteiger partial charge in [-0.25, -0.2) is 0 Å². The minimum absolute atomic E-state index is 0.998. The molecular weight excluding hydrogens is 152 g/mol. The zero-order chi connectivity index (χ0) is 9.14. The molecule has 68 valence electrons. The number of allylic oxidation sites excluding steroid dienone is 3. The lowest BCUT2D eigenvalue weighted by Gasteiger charge is -2.20. The smallest absolute Gasteiger partial charge is 0.124 e. The molecule has 0 saturated heterocycles. The molecule has 0 aromatic heterocycles. The Hall–Kier alpha value is -0.920. The SMILES string of the molecule is COC1=C(C)C(OC)=C(C)CC1. The first-order valence-electron chi connectivity index (χ1n) is 4.18. The molecule has 2 heteroatoms. The van der Waals surface area contributed by atoms with Gasteiger partial charge in [-0.15, -0.1) is 0 Å². The molecule has 0 atom stereocenters. The van der Waals surface area contributed by atoms with Crippen LogP contribution in [0.3, 0.4) is 0 Å². The van der Waals surface area contributed by atoms with Crippen molar-refractivity contribution in [2.24, 2.45) is 0 Å². The molecule has 0 N–H and O–H groups in total. The van der Waals surface area contributed by atoms with Gasteiger partial charge >= 0.3 is 0 Å². The Morgan fingerprint density at radius 2 is 1.67 bits per heavy atom. The average molecular weight is 168 g/mol. The lowest BCUT2D eigenvalue weighted by molar-refractivity contribution is 0.246. The van der Waals surface area contributed by atoms with Gasteiger partial charge in [0.2, 0.25) is 0 Å². The van der Waals surface area contributed by atoms with Gasteiger partial charge in [0, 0.05) is 12.0 Å². The highest BCUT2D eigenvalue weighted by atomic mass is 16.5. The van der Waals surface area contributed by atoms with Crippen molar-refractivity contribution in [3.05, 3.63) is 22.7 Å². The lowest BCUT2D eigenvalue weighted by Crippen LogP contribution is -2.05. The lowest BCUT2D eigenvalue weighted by atomic mass is 9.98. The van der Waals surface area contributed by atoms with Crippen LogP contribution in [-0.2, 0) is 9.47 Å². The fraction of sp³-hybridized carbons (Fsp3) is 0.600. The molecule has 0 bridgehead atoms. The van der Waals surface area contributed by atoms with Gasteiger partial charge in [0.05, 0.1) is 14.2 Å². The summed E-state index contributed by atoms with van der Waals surface area (Å²) in [5.74, 6) is 2.05. The minimum atomic E-state index is 0.998. The fourth-order valence-corrected chi connectivity index (χ4v) is 1.63. The Morgan fingerprint density at radius 3 is 2.17 bits per heavy atom. The first-order chi connectivity index (χ1) is 5.70. The Balaban J connectivity index is 2.99. The summed E-state index contributed by atoms with van der Waals surface area (Å²) in [7, 11) is 3.42. The normalized spacial score (nSPS) is 18.3. The molecule has 0 saturated carbocycles. The largest absolute Gasteiger partial charge is 0.501 e. The van der Waals surface area contributed by atoms with Gasteiger partial charge in [0.1, 0.15) is 11.5 Å². The summed E-state index contributed by atoms with van der Waals surface area (Å²) in [4.78, 5) is 0. The van der Waals surface area contributed by atoms with E-state index in [1.165, 1.54) is 5.57 Å². The van der Waals surface area contributed by atoms with E-state index in [0.29, 0.717) is 0 Å². The van der Waals surface area contributed by atoms with E-state index in [1.54, 1.807) is 14.2 Å². The summed E-state index contributed by atoms with van der Waals surface area (Å²) in [5, 5.41) is 0. The molecular formula is C10H16O2. The van der Waals surface area contributed by atoms with Crippen LogP contribution >= 0.6 is 0 Å². The van der Waals surface area contributed by atoms with Gasteiger partial charge in [0.15, 0.2) is 0 Å². The molecule has 2 nitrogen and oxygen atoms in total. The van der Waals surface area contributed by atoms with E-state index in [1.807, 2.05) is 6.92 Å². The van der Waals surface area contributed by atoms with Crippen molar-refractivity contribution in [1.82, 2.24) is 0 Å². The number of rotatable bonds is 2. The Morgan fingerprint density at radius 1 is 1.00 bits per heavy atom. The molecule has 0 aliphatic heterocycles. The van der Waals surface area contributed by atoms with Gasteiger partial charge in [-0.3, -0.25) is 0 Å². The van der Waals surface area contributed by atoms with Crippen LogP contribution in [0.2, 0.25) is 0 Å². The van der Waals surface area contributed by atoms with Crippen molar-refractivity contribution in [3.63, 3.8) is 0 Å². The van der Waals surface area contributed by atoms with E-state index in [0.717, 1.165) is 29.9 Å². The third-order valence-electron chi connectivity index (χ3n) is 2.32.